The highest BCUT2D eigenvalue weighted by Gasteiger charge is 2.31. The summed E-state index contributed by atoms with van der Waals surface area (Å²) in [7, 11) is -3.52. The summed E-state index contributed by atoms with van der Waals surface area (Å²) < 4.78 is 40.8. The van der Waals surface area contributed by atoms with E-state index in [0.717, 1.165) is 18.4 Å². The second-order valence-electron chi connectivity index (χ2n) is 9.75. The summed E-state index contributed by atoms with van der Waals surface area (Å²) in [5, 5.41) is 2.81. The highest BCUT2D eigenvalue weighted by Crippen LogP contribution is 2.26. The van der Waals surface area contributed by atoms with Crippen LogP contribution in [0.1, 0.15) is 42.0 Å². The maximum Gasteiger partial charge on any atom is 0.247 e. The number of halogens is 1. The third-order valence-corrected chi connectivity index (χ3v) is 8.85. The fraction of sp³-hybridized carbons (Fsp3) is 0.290. The molecule has 1 atom stereocenters. The Morgan fingerprint density at radius 1 is 0.950 bits per heavy atom. The van der Waals surface area contributed by atoms with Crippen molar-refractivity contribution in [1.29, 1.82) is 0 Å². The fourth-order valence-electron chi connectivity index (χ4n) is 4.79. The Hall–Kier alpha value is -3.82. The molecule has 1 heterocycles. The van der Waals surface area contributed by atoms with Gasteiger partial charge in [-0.2, -0.15) is 4.31 Å². The summed E-state index contributed by atoms with van der Waals surface area (Å²) in [6.45, 7) is 5.07. The molecule has 4 rings (SSSR count). The summed E-state index contributed by atoms with van der Waals surface area (Å²) in [6, 6.07) is 20.6. The Bertz CT molecular complexity index is 1410. The number of aryl methyl sites for hydroxylation is 1. The van der Waals surface area contributed by atoms with Crippen LogP contribution < -0.4 is 5.32 Å². The molecule has 40 heavy (non-hydrogen) atoms. The summed E-state index contributed by atoms with van der Waals surface area (Å²) >= 11 is 0. The van der Waals surface area contributed by atoms with E-state index >= 15 is 0 Å². The molecular formula is C31H34FN3O4S. The first-order valence-electron chi connectivity index (χ1n) is 13.4. The molecule has 9 heteroatoms. The van der Waals surface area contributed by atoms with Crippen LogP contribution in [0.25, 0.3) is 0 Å². The van der Waals surface area contributed by atoms with Crippen molar-refractivity contribution in [2.24, 2.45) is 0 Å². The zero-order valence-electron chi connectivity index (χ0n) is 22.3. The van der Waals surface area contributed by atoms with Gasteiger partial charge in [-0.25, -0.2) is 12.8 Å². The number of hydrogen-bond acceptors (Lipinski definition) is 4. The van der Waals surface area contributed by atoms with Crippen molar-refractivity contribution in [3.8, 4) is 0 Å². The lowest BCUT2D eigenvalue weighted by atomic mass is 10.0. The minimum absolute atomic E-state index is 0.0947. The van der Waals surface area contributed by atoms with Crippen LogP contribution >= 0.6 is 0 Å². The van der Waals surface area contributed by atoms with E-state index in [2.05, 4.69) is 11.9 Å². The van der Waals surface area contributed by atoms with E-state index < -0.39 is 16.1 Å². The molecule has 0 aromatic heterocycles. The summed E-state index contributed by atoms with van der Waals surface area (Å²) in [6.07, 6.45) is 3.75. The second kappa shape index (κ2) is 13.5. The van der Waals surface area contributed by atoms with Gasteiger partial charge in [0, 0.05) is 32.6 Å². The zero-order valence-corrected chi connectivity index (χ0v) is 23.2. The van der Waals surface area contributed by atoms with Gasteiger partial charge in [0.15, 0.2) is 0 Å². The minimum Gasteiger partial charge on any atom is -0.351 e. The highest BCUT2D eigenvalue weighted by atomic mass is 32.2. The maximum atomic E-state index is 13.7. The molecule has 0 aliphatic carbocycles. The van der Waals surface area contributed by atoms with Crippen molar-refractivity contribution in [3.05, 3.63) is 114 Å². The smallest absolute Gasteiger partial charge is 0.247 e. The minimum atomic E-state index is -3.52. The molecule has 210 valence electrons. The van der Waals surface area contributed by atoms with Gasteiger partial charge in [0.05, 0.1) is 4.90 Å². The average Bonchev–Trinajstić information content (AvgIpc) is 3.53. The Morgan fingerprint density at radius 3 is 2.20 bits per heavy atom. The molecule has 0 saturated carbocycles. The number of benzene rings is 3. The molecule has 7 nitrogen and oxygen atoms in total. The van der Waals surface area contributed by atoms with E-state index in [-0.39, 0.29) is 42.0 Å². The molecule has 1 aliphatic heterocycles. The Morgan fingerprint density at radius 2 is 1.57 bits per heavy atom. The summed E-state index contributed by atoms with van der Waals surface area (Å²) in [4.78, 5) is 28.8. The number of carbonyl (C=O) groups excluding carboxylic acids is 2. The lowest BCUT2D eigenvalue weighted by Gasteiger charge is -2.31. The van der Waals surface area contributed by atoms with Gasteiger partial charge in [0.25, 0.3) is 0 Å². The molecule has 0 bridgehead atoms. The first-order chi connectivity index (χ1) is 19.3. The third kappa shape index (κ3) is 7.22. The topological polar surface area (TPSA) is 86.8 Å². The van der Waals surface area contributed by atoms with Gasteiger partial charge in [-0.3, -0.25) is 9.59 Å². The van der Waals surface area contributed by atoms with Gasteiger partial charge in [-0.1, -0.05) is 60.7 Å². The highest BCUT2D eigenvalue weighted by molar-refractivity contribution is 7.89. The van der Waals surface area contributed by atoms with Crippen molar-refractivity contribution < 1.29 is 22.4 Å². The van der Waals surface area contributed by atoms with Crippen molar-refractivity contribution >= 4 is 21.8 Å². The second-order valence-corrected chi connectivity index (χ2v) is 11.7. The van der Waals surface area contributed by atoms with E-state index in [1.165, 1.54) is 21.3 Å². The molecule has 1 N–H and O–H groups in total. The molecule has 1 fully saturated rings. The van der Waals surface area contributed by atoms with Crippen LogP contribution in [-0.2, 0) is 32.6 Å². The number of rotatable bonds is 12. The van der Waals surface area contributed by atoms with E-state index in [9.17, 15) is 22.4 Å². The standard InChI is InChI=1S/C31H34FN3O4S/c1-2-20-33-31(37)30(26-8-4-3-5-9-26)35(23-25-10-15-27(32)16-11-25)29(36)19-14-24-12-17-28(18-13-24)40(38,39)34-21-6-7-22-34/h2-5,8-13,15-18,30H,1,6-7,14,19-23H2,(H,33,37)/t30-/m1/s1. The first-order valence-corrected chi connectivity index (χ1v) is 14.8. The number of amides is 2. The van der Waals surface area contributed by atoms with Gasteiger partial charge in [-0.05, 0) is 60.2 Å². The largest absolute Gasteiger partial charge is 0.351 e. The van der Waals surface area contributed by atoms with Crippen LogP contribution in [0.15, 0.2) is 96.4 Å². The molecule has 1 aliphatic rings. The molecule has 0 radical (unpaired) electrons. The fourth-order valence-corrected chi connectivity index (χ4v) is 6.31. The van der Waals surface area contributed by atoms with Crippen LogP contribution in [0.5, 0.6) is 0 Å². The zero-order chi connectivity index (χ0) is 28.5. The van der Waals surface area contributed by atoms with Crippen molar-refractivity contribution in [2.75, 3.05) is 19.6 Å². The molecule has 0 unspecified atom stereocenters. The van der Waals surface area contributed by atoms with Gasteiger partial charge in [-0.15, -0.1) is 6.58 Å². The third-order valence-electron chi connectivity index (χ3n) is 6.94. The maximum absolute atomic E-state index is 13.7. The number of nitrogens with one attached hydrogen (secondary N) is 1. The van der Waals surface area contributed by atoms with Crippen LogP contribution in [0.3, 0.4) is 0 Å². The quantitative estimate of drug-likeness (QED) is 0.326. The lowest BCUT2D eigenvalue weighted by molar-refractivity contribution is -0.141. The van der Waals surface area contributed by atoms with Gasteiger partial charge < -0.3 is 10.2 Å². The van der Waals surface area contributed by atoms with Gasteiger partial charge >= 0.3 is 0 Å². The summed E-state index contributed by atoms with van der Waals surface area (Å²) in [5.74, 6) is -1.00. The van der Waals surface area contributed by atoms with Crippen LogP contribution in [0.4, 0.5) is 4.39 Å². The predicted octanol–water partition coefficient (Wildman–Crippen LogP) is 4.62. The molecular weight excluding hydrogens is 529 g/mol. The van der Waals surface area contributed by atoms with Crippen molar-refractivity contribution in [2.45, 2.75) is 43.2 Å². The molecule has 2 amide bonds. The number of nitrogens with zero attached hydrogens (tertiary/aromatic N) is 2. The van der Waals surface area contributed by atoms with Gasteiger partial charge in [0.2, 0.25) is 21.8 Å². The number of hydrogen-bond donors (Lipinski definition) is 1. The van der Waals surface area contributed by atoms with E-state index in [1.807, 2.05) is 6.07 Å². The first kappa shape index (κ1) is 29.2. The summed E-state index contributed by atoms with van der Waals surface area (Å²) in [5.41, 5.74) is 2.14. The average molecular weight is 564 g/mol. The molecule has 0 spiro atoms. The number of carbonyl (C=O) groups is 2. The van der Waals surface area contributed by atoms with Crippen LogP contribution in [0, 0.1) is 5.82 Å². The predicted molar refractivity (Wildman–Crippen MR) is 152 cm³/mol. The van der Waals surface area contributed by atoms with E-state index in [0.29, 0.717) is 30.6 Å². The Labute approximate surface area is 235 Å². The molecule has 3 aromatic carbocycles. The monoisotopic (exact) mass is 563 g/mol. The van der Waals surface area contributed by atoms with Crippen molar-refractivity contribution in [3.63, 3.8) is 0 Å². The lowest BCUT2D eigenvalue weighted by Crippen LogP contribution is -2.43. The van der Waals surface area contributed by atoms with E-state index in [1.54, 1.807) is 66.7 Å². The molecule has 3 aromatic rings. The molecule has 1 saturated heterocycles. The normalized spacial score (nSPS) is 14.4. The Kier molecular flexibility index (Phi) is 9.84. The Balaban J connectivity index is 1.56. The van der Waals surface area contributed by atoms with Crippen molar-refractivity contribution in [1.82, 2.24) is 14.5 Å². The van der Waals surface area contributed by atoms with Crippen LogP contribution in [-0.4, -0.2) is 49.1 Å². The van der Waals surface area contributed by atoms with Gasteiger partial charge in [0.1, 0.15) is 11.9 Å². The van der Waals surface area contributed by atoms with Crippen LogP contribution in [0.2, 0.25) is 0 Å². The SMILES string of the molecule is C=CCNC(=O)[C@@H](c1ccccc1)N(Cc1ccc(F)cc1)C(=O)CCc1ccc(S(=O)(=O)N2CCCC2)cc1. The van der Waals surface area contributed by atoms with E-state index in [4.69, 9.17) is 0 Å². The number of sulfonamides is 1.